The predicted molar refractivity (Wildman–Crippen MR) is 120 cm³/mol. The molecule has 3 heteroatoms. The third kappa shape index (κ3) is 2.61. The van der Waals surface area contributed by atoms with Crippen molar-refractivity contribution in [1.29, 1.82) is 0 Å². The number of ether oxygens (including phenoxy) is 1. The van der Waals surface area contributed by atoms with Crippen molar-refractivity contribution in [3.8, 4) is 0 Å². The van der Waals surface area contributed by atoms with Gasteiger partial charge in [0.2, 0.25) is 0 Å². The summed E-state index contributed by atoms with van der Waals surface area (Å²) in [4.78, 5) is 0. The number of hydrogen-bond acceptors (Lipinski definition) is 3. The fraction of sp³-hybridized carbons (Fsp3) is 1.00. The van der Waals surface area contributed by atoms with E-state index in [4.69, 9.17) is 4.74 Å². The van der Waals surface area contributed by atoms with Gasteiger partial charge in [0.25, 0.3) is 0 Å². The third-order valence-electron chi connectivity index (χ3n) is 12.1. The van der Waals surface area contributed by atoms with Gasteiger partial charge < -0.3 is 9.84 Å². The topological polar surface area (TPSA) is 41.5 Å². The van der Waals surface area contributed by atoms with E-state index in [2.05, 4.69) is 33.0 Å². The Morgan fingerprint density at radius 2 is 1.67 bits per heavy atom. The molecular weight excluding hydrogens is 370 g/mol. The lowest BCUT2D eigenvalue weighted by atomic mass is 9.44. The van der Waals surface area contributed by atoms with E-state index in [-0.39, 0.29) is 11.8 Å². The molecule has 2 heterocycles. The van der Waals surface area contributed by atoms with Crippen molar-refractivity contribution in [2.75, 3.05) is 6.54 Å². The van der Waals surface area contributed by atoms with E-state index in [0.29, 0.717) is 22.9 Å². The molecule has 3 nitrogen and oxygen atoms in total. The number of nitrogens with one attached hydrogen (secondary N) is 1. The number of aliphatic hydroxyl groups excluding tert-OH is 1. The molecule has 4 aliphatic carbocycles. The van der Waals surface area contributed by atoms with Crippen LogP contribution < -0.4 is 5.32 Å². The Morgan fingerprint density at radius 1 is 0.867 bits per heavy atom. The second kappa shape index (κ2) is 6.70. The third-order valence-corrected chi connectivity index (χ3v) is 12.1. The molecule has 0 amide bonds. The van der Waals surface area contributed by atoms with Gasteiger partial charge in [-0.3, -0.25) is 5.32 Å². The highest BCUT2D eigenvalue weighted by molar-refractivity contribution is 5.16. The summed E-state index contributed by atoms with van der Waals surface area (Å²) >= 11 is 0. The number of hydrogen-bond donors (Lipinski definition) is 2. The van der Waals surface area contributed by atoms with Gasteiger partial charge in [0, 0.05) is 12.5 Å². The molecule has 6 fully saturated rings. The van der Waals surface area contributed by atoms with E-state index in [1.165, 1.54) is 51.4 Å². The van der Waals surface area contributed by atoms with E-state index < -0.39 is 0 Å². The van der Waals surface area contributed by atoms with E-state index in [9.17, 15) is 5.11 Å². The number of aliphatic hydroxyl groups is 1. The summed E-state index contributed by atoms with van der Waals surface area (Å²) < 4.78 is 7.01. The van der Waals surface area contributed by atoms with Gasteiger partial charge in [-0.15, -0.1) is 0 Å². The Hall–Kier alpha value is -0.120. The van der Waals surface area contributed by atoms with Crippen LogP contribution >= 0.6 is 0 Å². The molecule has 1 spiro atoms. The Balaban J connectivity index is 1.26. The largest absolute Gasteiger partial charge is 0.393 e. The molecule has 12 atom stereocenters. The maximum atomic E-state index is 10.3. The maximum Gasteiger partial charge on any atom is 0.122 e. The summed E-state index contributed by atoms with van der Waals surface area (Å²) in [6.45, 7) is 11.3. The minimum atomic E-state index is -0.0320. The van der Waals surface area contributed by atoms with Crippen LogP contribution in [0.3, 0.4) is 0 Å². The monoisotopic (exact) mass is 415 g/mol. The molecule has 170 valence electrons. The summed E-state index contributed by atoms with van der Waals surface area (Å²) in [7, 11) is 0. The van der Waals surface area contributed by atoms with Crippen molar-refractivity contribution in [3.05, 3.63) is 0 Å². The smallest absolute Gasteiger partial charge is 0.122 e. The summed E-state index contributed by atoms with van der Waals surface area (Å²) in [5.41, 5.74) is 0.919. The van der Waals surface area contributed by atoms with E-state index >= 15 is 0 Å². The van der Waals surface area contributed by atoms with Crippen molar-refractivity contribution in [1.82, 2.24) is 5.32 Å². The lowest BCUT2D eigenvalue weighted by Gasteiger charge is -2.61. The highest BCUT2D eigenvalue weighted by atomic mass is 16.5. The first kappa shape index (κ1) is 20.5. The van der Waals surface area contributed by atoms with Crippen LogP contribution in [0.15, 0.2) is 0 Å². The fourth-order valence-corrected chi connectivity index (χ4v) is 10.4. The average molecular weight is 416 g/mol. The zero-order valence-electron chi connectivity index (χ0n) is 19.8. The van der Waals surface area contributed by atoms with Crippen LogP contribution in [-0.2, 0) is 4.74 Å². The zero-order chi connectivity index (χ0) is 20.9. The summed E-state index contributed by atoms with van der Waals surface area (Å²) in [6, 6.07) is 0. The van der Waals surface area contributed by atoms with Gasteiger partial charge in [0.05, 0.1) is 12.2 Å². The van der Waals surface area contributed by atoms with E-state index in [0.717, 1.165) is 54.9 Å². The van der Waals surface area contributed by atoms with Crippen LogP contribution in [0.2, 0.25) is 0 Å². The van der Waals surface area contributed by atoms with Gasteiger partial charge in [-0.1, -0.05) is 27.7 Å². The molecule has 0 unspecified atom stereocenters. The van der Waals surface area contributed by atoms with E-state index in [1.807, 2.05) is 0 Å². The molecule has 4 saturated carbocycles. The molecular formula is C27H45NO2. The SMILES string of the molecule is C[C@@H]1CC[C@]2(NC1)O[C@@H]1C[C@H]3[C@H]4CC[C@H]5C[C@@H](O)CC[C@]5(C)[C@@H]4CC[C@]3(C)[C@@H]1[C@@H]2C. The van der Waals surface area contributed by atoms with Gasteiger partial charge in [0.1, 0.15) is 5.72 Å². The van der Waals surface area contributed by atoms with Crippen LogP contribution in [0, 0.1) is 52.3 Å². The second-order valence-electron chi connectivity index (χ2n) is 13.3. The maximum absolute atomic E-state index is 10.3. The van der Waals surface area contributed by atoms with Crippen molar-refractivity contribution in [2.24, 2.45) is 52.3 Å². The van der Waals surface area contributed by atoms with Crippen LogP contribution in [0.4, 0.5) is 0 Å². The first-order valence-electron chi connectivity index (χ1n) is 13.4. The minimum absolute atomic E-state index is 0.0319. The highest BCUT2D eigenvalue weighted by Crippen LogP contribution is 2.71. The van der Waals surface area contributed by atoms with Gasteiger partial charge in [-0.05, 0) is 111 Å². The second-order valence-corrected chi connectivity index (χ2v) is 13.3. The molecule has 0 aromatic heterocycles. The van der Waals surface area contributed by atoms with Crippen molar-refractivity contribution < 1.29 is 9.84 Å². The predicted octanol–water partition coefficient (Wildman–Crippen LogP) is 5.37. The first-order chi connectivity index (χ1) is 14.3. The molecule has 6 rings (SSSR count). The van der Waals surface area contributed by atoms with Crippen molar-refractivity contribution in [2.45, 2.75) is 110 Å². The minimum Gasteiger partial charge on any atom is -0.393 e. The summed E-state index contributed by atoms with van der Waals surface area (Å²) in [5, 5.41) is 14.2. The molecule has 0 aromatic carbocycles. The Morgan fingerprint density at radius 3 is 2.43 bits per heavy atom. The lowest BCUT2D eigenvalue weighted by molar-refractivity contribution is -0.140. The summed E-state index contributed by atoms with van der Waals surface area (Å²) in [5.74, 6) is 5.57. The van der Waals surface area contributed by atoms with Crippen molar-refractivity contribution in [3.63, 3.8) is 0 Å². The number of rotatable bonds is 0. The van der Waals surface area contributed by atoms with Crippen LogP contribution in [0.5, 0.6) is 0 Å². The normalized spacial score (nSPS) is 62.5. The zero-order valence-corrected chi connectivity index (χ0v) is 19.8. The quantitative estimate of drug-likeness (QED) is 0.559. The molecule has 0 bridgehead atoms. The summed E-state index contributed by atoms with van der Waals surface area (Å²) in [6.07, 6.45) is 13.2. The van der Waals surface area contributed by atoms with Gasteiger partial charge in [0.15, 0.2) is 0 Å². The Labute approximate surface area is 184 Å². The standard InChI is InChI=1S/C27H45NO2/c1-16-7-12-27(28-15-16)17(2)24-23(30-27)14-22-20-6-5-18-13-19(29)8-10-25(18,3)21(20)9-11-26(22,24)4/h16-24,28-29H,5-15H2,1-4H3/t16-,17+,18+,19+,20+,21-,22+,23-,24-,25+,26+,27+/m1/s1. The Kier molecular flexibility index (Phi) is 4.58. The van der Waals surface area contributed by atoms with Gasteiger partial charge in [-0.25, -0.2) is 0 Å². The van der Waals surface area contributed by atoms with Crippen LogP contribution in [0.25, 0.3) is 0 Å². The van der Waals surface area contributed by atoms with Gasteiger partial charge in [-0.2, -0.15) is 0 Å². The van der Waals surface area contributed by atoms with Crippen molar-refractivity contribution >= 4 is 0 Å². The number of fused-ring (bicyclic) bond motifs is 7. The lowest BCUT2D eigenvalue weighted by Crippen LogP contribution is -2.57. The molecule has 2 aliphatic heterocycles. The highest BCUT2D eigenvalue weighted by Gasteiger charge is 2.68. The molecule has 30 heavy (non-hydrogen) atoms. The Bertz CT molecular complexity index is 686. The first-order valence-corrected chi connectivity index (χ1v) is 13.4. The molecule has 6 aliphatic rings. The van der Waals surface area contributed by atoms with Crippen LogP contribution in [-0.4, -0.2) is 29.6 Å². The molecule has 2 saturated heterocycles. The van der Waals surface area contributed by atoms with E-state index in [1.54, 1.807) is 0 Å². The molecule has 0 radical (unpaired) electrons. The fourth-order valence-electron chi connectivity index (χ4n) is 10.4. The van der Waals surface area contributed by atoms with Gasteiger partial charge >= 0.3 is 0 Å². The average Bonchev–Trinajstić information content (AvgIpc) is 3.16. The number of piperidine rings is 1. The van der Waals surface area contributed by atoms with Crippen LogP contribution in [0.1, 0.15) is 91.9 Å². The molecule has 0 aromatic rings. The molecule has 2 N–H and O–H groups in total.